The van der Waals surface area contributed by atoms with Gasteiger partial charge in [-0.15, -0.1) is 0 Å². The molecule has 0 aromatic heterocycles. The first-order chi connectivity index (χ1) is 13.4. The van der Waals surface area contributed by atoms with Crippen molar-refractivity contribution in [3.05, 3.63) is 51.4 Å². The van der Waals surface area contributed by atoms with Gasteiger partial charge in [-0.25, -0.2) is 0 Å². The van der Waals surface area contributed by atoms with Crippen molar-refractivity contribution in [1.29, 1.82) is 0 Å². The Morgan fingerprint density at radius 1 is 1.04 bits per heavy atom. The fourth-order valence-electron chi connectivity index (χ4n) is 2.72. The lowest BCUT2D eigenvalue weighted by molar-refractivity contribution is -0.113. The number of thiocarbonyl (C=S) groups is 1. The molecule has 146 valence electrons. The monoisotopic (exact) mass is 435 g/mol. The SMILES string of the molecule is COc1cc(OC)c(OC)cc1/C=C1\SC(=S)N(c2ccc(C)c(Cl)c2)C1=O. The zero-order valence-corrected chi connectivity index (χ0v) is 18.1. The summed E-state index contributed by atoms with van der Waals surface area (Å²) in [5, 5.41) is 0.581. The average Bonchev–Trinajstić information content (AvgIpc) is 2.96. The molecule has 1 heterocycles. The van der Waals surface area contributed by atoms with Crippen LogP contribution in [-0.4, -0.2) is 31.6 Å². The molecule has 0 N–H and O–H groups in total. The number of nitrogens with zero attached hydrogens (tertiary/aromatic N) is 1. The highest BCUT2D eigenvalue weighted by molar-refractivity contribution is 8.27. The van der Waals surface area contributed by atoms with Crippen LogP contribution in [0.1, 0.15) is 11.1 Å². The minimum absolute atomic E-state index is 0.216. The second-order valence-electron chi connectivity index (χ2n) is 5.90. The highest BCUT2D eigenvalue weighted by atomic mass is 35.5. The first-order valence-electron chi connectivity index (χ1n) is 8.23. The Kier molecular flexibility index (Phi) is 6.17. The third-order valence-electron chi connectivity index (χ3n) is 4.23. The van der Waals surface area contributed by atoms with Crippen molar-refractivity contribution in [2.75, 3.05) is 26.2 Å². The van der Waals surface area contributed by atoms with Gasteiger partial charge in [-0.3, -0.25) is 9.69 Å². The standard InChI is InChI=1S/C20H18ClNO4S2/c1-11-5-6-13(9-14(11)21)22-19(23)18(28-20(22)27)8-12-7-16(25-3)17(26-4)10-15(12)24-2/h5-10H,1-4H3/b18-8-. The van der Waals surface area contributed by atoms with Crippen LogP contribution >= 0.6 is 35.6 Å². The molecule has 5 nitrogen and oxygen atoms in total. The fraction of sp³-hybridized carbons (Fsp3) is 0.200. The number of carbonyl (C=O) groups excluding carboxylic acids is 1. The Bertz CT molecular complexity index is 990. The molecule has 1 fully saturated rings. The molecular weight excluding hydrogens is 418 g/mol. The Labute approximate surface area is 178 Å². The third-order valence-corrected chi connectivity index (χ3v) is 5.94. The molecule has 0 unspecified atom stereocenters. The minimum atomic E-state index is -0.216. The van der Waals surface area contributed by atoms with Crippen molar-refractivity contribution >= 4 is 57.6 Å². The van der Waals surface area contributed by atoms with E-state index in [4.69, 9.17) is 38.0 Å². The molecule has 8 heteroatoms. The lowest BCUT2D eigenvalue weighted by atomic mass is 10.1. The number of halogens is 1. The van der Waals surface area contributed by atoms with Crippen molar-refractivity contribution in [1.82, 2.24) is 0 Å². The number of hydrogen-bond donors (Lipinski definition) is 0. The van der Waals surface area contributed by atoms with Gasteiger partial charge in [-0.1, -0.05) is 41.6 Å². The maximum Gasteiger partial charge on any atom is 0.270 e. The number of aryl methyl sites for hydroxylation is 1. The number of rotatable bonds is 5. The van der Waals surface area contributed by atoms with Crippen LogP contribution in [0.15, 0.2) is 35.2 Å². The van der Waals surface area contributed by atoms with Crippen molar-refractivity contribution in [3.8, 4) is 17.2 Å². The molecule has 0 bridgehead atoms. The molecule has 2 aromatic rings. The number of benzene rings is 2. The number of thioether (sulfide) groups is 1. The molecule has 1 aliphatic rings. The summed E-state index contributed by atoms with van der Waals surface area (Å²) < 4.78 is 16.5. The largest absolute Gasteiger partial charge is 0.496 e. The maximum atomic E-state index is 13.0. The summed E-state index contributed by atoms with van der Waals surface area (Å²) in [7, 11) is 4.65. The van der Waals surface area contributed by atoms with E-state index >= 15 is 0 Å². The lowest BCUT2D eigenvalue weighted by Crippen LogP contribution is -2.27. The summed E-state index contributed by atoms with van der Waals surface area (Å²) in [4.78, 5) is 15.0. The van der Waals surface area contributed by atoms with Gasteiger partial charge >= 0.3 is 0 Å². The molecule has 0 spiro atoms. The molecule has 1 amide bonds. The summed E-state index contributed by atoms with van der Waals surface area (Å²) in [5.41, 5.74) is 2.25. The van der Waals surface area contributed by atoms with Crippen LogP contribution in [-0.2, 0) is 4.79 Å². The number of ether oxygens (including phenoxy) is 3. The van der Waals surface area contributed by atoms with Crippen LogP contribution in [0.2, 0.25) is 5.02 Å². The summed E-state index contributed by atoms with van der Waals surface area (Å²) in [6.45, 7) is 1.90. The topological polar surface area (TPSA) is 48.0 Å². The van der Waals surface area contributed by atoms with Gasteiger partial charge in [-0.2, -0.15) is 0 Å². The summed E-state index contributed by atoms with van der Waals surface area (Å²) >= 11 is 12.9. The predicted octanol–water partition coefficient (Wildman–Crippen LogP) is 5.08. The van der Waals surface area contributed by atoms with Gasteiger partial charge in [-0.05, 0) is 36.8 Å². The molecule has 2 aromatic carbocycles. The number of carbonyl (C=O) groups is 1. The Morgan fingerprint density at radius 2 is 1.68 bits per heavy atom. The lowest BCUT2D eigenvalue weighted by Gasteiger charge is -2.15. The minimum Gasteiger partial charge on any atom is -0.496 e. The van der Waals surface area contributed by atoms with Gasteiger partial charge in [0.1, 0.15) is 5.75 Å². The summed E-state index contributed by atoms with van der Waals surface area (Å²) in [5.74, 6) is 1.42. The van der Waals surface area contributed by atoms with Crippen molar-refractivity contribution < 1.29 is 19.0 Å². The quantitative estimate of drug-likeness (QED) is 0.482. The van der Waals surface area contributed by atoms with Gasteiger partial charge in [0.2, 0.25) is 0 Å². The Morgan fingerprint density at radius 3 is 2.29 bits per heavy atom. The van der Waals surface area contributed by atoms with Crippen LogP contribution in [0, 0.1) is 6.92 Å². The predicted molar refractivity (Wildman–Crippen MR) is 118 cm³/mol. The van der Waals surface area contributed by atoms with Gasteiger partial charge in [0.05, 0.1) is 31.9 Å². The second kappa shape index (κ2) is 8.43. The first-order valence-corrected chi connectivity index (χ1v) is 9.84. The first kappa shape index (κ1) is 20.5. The third kappa shape index (κ3) is 3.83. The zero-order valence-electron chi connectivity index (χ0n) is 15.7. The molecule has 3 rings (SSSR count). The van der Waals surface area contributed by atoms with Crippen molar-refractivity contribution in [2.24, 2.45) is 0 Å². The van der Waals surface area contributed by atoms with Crippen LogP contribution in [0.5, 0.6) is 17.2 Å². The number of hydrogen-bond acceptors (Lipinski definition) is 6. The van der Waals surface area contributed by atoms with E-state index in [0.717, 1.165) is 5.56 Å². The van der Waals surface area contributed by atoms with E-state index in [0.29, 0.717) is 42.7 Å². The molecule has 0 saturated carbocycles. The van der Waals surface area contributed by atoms with Gasteiger partial charge in [0, 0.05) is 16.7 Å². The Balaban J connectivity index is 2.01. The van der Waals surface area contributed by atoms with Crippen LogP contribution in [0.25, 0.3) is 6.08 Å². The van der Waals surface area contributed by atoms with E-state index < -0.39 is 0 Å². The maximum absolute atomic E-state index is 13.0. The molecule has 0 aliphatic carbocycles. The van der Waals surface area contributed by atoms with Crippen molar-refractivity contribution in [3.63, 3.8) is 0 Å². The van der Waals surface area contributed by atoms with Gasteiger partial charge in [0.25, 0.3) is 5.91 Å². The zero-order chi connectivity index (χ0) is 20.4. The van der Waals surface area contributed by atoms with Gasteiger partial charge in [0.15, 0.2) is 15.8 Å². The molecular formula is C20H18ClNO4S2. The number of anilines is 1. The van der Waals surface area contributed by atoms with Gasteiger partial charge < -0.3 is 14.2 Å². The molecule has 0 atom stereocenters. The smallest absolute Gasteiger partial charge is 0.270 e. The van der Waals surface area contributed by atoms with E-state index in [1.165, 1.54) is 16.7 Å². The normalized spacial score (nSPS) is 15.3. The fourth-order valence-corrected chi connectivity index (χ4v) is 4.18. The van der Waals surface area contributed by atoms with Crippen LogP contribution in [0.3, 0.4) is 0 Å². The van der Waals surface area contributed by atoms with E-state index in [1.807, 2.05) is 19.1 Å². The van der Waals surface area contributed by atoms with E-state index in [-0.39, 0.29) is 5.91 Å². The van der Waals surface area contributed by atoms with Crippen LogP contribution < -0.4 is 19.1 Å². The highest BCUT2D eigenvalue weighted by Gasteiger charge is 2.33. The average molecular weight is 436 g/mol. The summed E-state index contributed by atoms with van der Waals surface area (Å²) in [6.07, 6.45) is 1.73. The van der Waals surface area contributed by atoms with Crippen molar-refractivity contribution in [2.45, 2.75) is 6.92 Å². The molecule has 0 radical (unpaired) electrons. The molecule has 1 aliphatic heterocycles. The van der Waals surface area contributed by atoms with E-state index in [2.05, 4.69) is 0 Å². The number of amides is 1. The van der Waals surface area contributed by atoms with E-state index in [1.54, 1.807) is 45.6 Å². The summed E-state index contributed by atoms with van der Waals surface area (Å²) in [6, 6.07) is 8.89. The highest BCUT2D eigenvalue weighted by Crippen LogP contribution is 2.40. The van der Waals surface area contributed by atoms with E-state index in [9.17, 15) is 4.79 Å². The molecule has 28 heavy (non-hydrogen) atoms. The molecule has 1 saturated heterocycles. The second-order valence-corrected chi connectivity index (χ2v) is 7.98. The Hall–Kier alpha value is -2.22. The number of methoxy groups -OCH3 is 3. The van der Waals surface area contributed by atoms with Crippen LogP contribution in [0.4, 0.5) is 5.69 Å².